The number of amides is 3. The molecule has 51 heavy (non-hydrogen) atoms. The van der Waals surface area contributed by atoms with Gasteiger partial charge in [0.15, 0.2) is 17.0 Å². The van der Waals surface area contributed by atoms with Crippen LogP contribution in [0.1, 0.15) is 54.6 Å². The van der Waals surface area contributed by atoms with Crippen molar-refractivity contribution in [1.29, 1.82) is 0 Å². The van der Waals surface area contributed by atoms with Gasteiger partial charge >= 0.3 is 0 Å². The number of hydrogen-bond donors (Lipinski definition) is 5. The molecule has 21 heteroatoms. The van der Waals surface area contributed by atoms with Gasteiger partial charge in [-0.25, -0.2) is 9.97 Å². The molecule has 0 aliphatic rings. The van der Waals surface area contributed by atoms with Gasteiger partial charge in [-0.1, -0.05) is 0 Å². The third kappa shape index (κ3) is 11.8. The maximum Gasteiger partial charge on any atom is 0.251 e. The predicted octanol–water partition coefficient (Wildman–Crippen LogP) is -6.37. The quantitative estimate of drug-likeness (QED) is 0.0772. The smallest absolute Gasteiger partial charge is 0.251 e. The number of carboxylic acid groups (broad SMARTS) is 4. The van der Waals surface area contributed by atoms with Gasteiger partial charge in [0, 0.05) is 37.1 Å². The minimum Gasteiger partial charge on any atom is -0.550 e. The number of carbonyl (C=O) groups excluding carboxylic acids is 7. The van der Waals surface area contributed by atoms with E-state index in [0.29, 0.717) is 11.4 Å². The van der Waals surface area contributed by atoms with Gasteiger partial charge in [-0.15, -0.1) is 0 Å². The van der Waals surface area contributed by atoms with Crippen LogP contribution in [0.3, 0.4) is 0 Å². The van der Waals surface area contributed by atoms with Gasteiger partial charge in [0.25, 0.3) is 5.91 Å². The fourth-order valence-corrected chi connectivity index (χ4v) is 4.59. The lowest BCUT2D eigenvalue weighted by Crippen LogP contribution is -2.51. The third-order valence-electron chi connectivity index (χ3n) is 7.26. The number of rotatable bonds is 19. The monoisotopic (exact) mass is 708 g/mol. The van der Waals surface area contributed by atoms with Crippen molar-refractivity contribution < 1.29 is 54.0 Å². The SMILES string of the molecule is CN(Cc1cnc2nc(N)nc(N)c2n1)c1ccc(C(=O)N[C@@H](CCC(=O)N[C@@H](CCC(=O)N[C@@H](CCC(=O)[O-])C(=O)[O-])C(=O)[O-])C(=O)[O-])cc1. The summed E-state index contributed by atoms with van der Waals surface area (Å²) >= 11 is 0. The van der Waals surface area contributed by atoms with Gasteiger partial charge in [0.2, 0.25) is 17.8 Å². The van der Waals surface area contributed by atoms with Crippen LogP contribution in [0.4, 0.5) is 17.5 Å². The summed E-state index contributed by atoms with van der Waals surface area (Å²) in [4.78, 5) is 100. The molecule has 0 aliphatic carbocycles. The first kappa shape index (κ1) is 38.8. The topological polar surface area (TPSA) is 355 Å². The maximum atomic E-state index is 12.8. The Morgan fingerprint density at radius 1 is 0.725 bits per heavy atom. The van der Waals surface area contributed by atoms with Crippen LogP contribution < -0.4 is 52.7 Å². The normalized spacial score (nSPS) is 12.6. The van der Waals surface area contributed by atoms with E-state index < -0.39 is 98.2 Å². The number of hydrogen-bond acceptors (Lipinski definition) is 18. The molecule has 0 saturated carbocycles. The molecule has 21 nitrogen and oxygen atoms in total. The molecule has 3 aromatic rings. The Morgan fingerprint density at radius 2 is 1.24 bits per heavy atom. The summed E-state index contributed by atoms with van der Waals surface area (Å²) in [5, 5.41) is 51.2. The van der Waals surface area contributed by atoms with Crippen LogP contribution >= 0.6 is 0 Å². The van der Waals surface area contributed by atoms with Crippen molar-refractivity contribution in [2.45, 2.75) is 63.2 Å². The summed E-state index contributed by atoms with van der Waals surface area (Å²) in [5.74, 6) is -9.55. The van der Waals surface area contributed by atoms with Gasteiger partial charge in [-0.3, -0.25) is 14.4 Å². The molecule has 0 saturated heterocycles. The molecule has 0 unspecified atom stereocenters. The van der Waals surface area contributed by atoms with Crippen LogP contribution in [0, 0.1) is 0 Å². The first-order chi connectivity index (χ1) is 24.0. The molecule has 2 heterocycles. The molecule has 3 rings (SSSR count). The zero-order chi connectivity index (χ0) is 37.8. The van der Waals surface area contributed by atoms with Crippen molar-refractivity contribution in [3.8, 4) is 0 Å². The van der Waals surface area contributed by atoms with Gasteiger partial charge in [0.1, 0.15) is 0 Å². The zero-order valence-corrected chi connectivity index (χ0v) is 27.0. The van der Waals surface area contributed by atoms with Crippen LogP contribution in [0.25, 0.3) is 11.2 Å². The number of benzene rings is 1. The molecule has 0 fully saturated rings. The highest BCUT2D eigenvalue weighted by atomic mass is 16.4. The molecule has 3 atom stereocenters. The van der Waals surface area contributed by atoms with Gasteiger partial charge < -0.3 is 71.9 Å². The molecule has 272 valence electrons. The van der Waals surface area contributed by atoms with Crippen LogP contribution in [0.15, 0.2) is 30.5 Å². The number of aliphatic carboxylic acids is 4. The second-order valence-electron chi connectivity index (χ2n) is 11.1. The van der Waals surface area contributed by atoms with E-state index in [4.69, 9.17) is 11.5 Å². The highest BCUT2D eigenvalue weighted by molar-refractivity contribution is 5.97. The first-order valence-electron chi connectivity index (χ1n) is 15.1. The number of carbonyl (C=O) groups is 7. The van der Waals surface area contributed by atoms with E-state index in [1.165, 1.54) is 18.3 Å². The standard InChI is InChI=1S/C30H36N10O11/c1-40(13-15-12-33-25-23(34-15)24(31)38-30(32)39-25)16-4-2-14(3-5-16)26(45)37-19(29(50)51)7-10-21(42)35-17(27(46)47)6-9-20(41)36-18(28(48)49)8-11-22(43)44/h2-5,12,17-19H,6-11,13H2,1H3,(H,35,42)(H,36,41)(H,37,45)(H,43,44)(H,46,47)(H,48,49)(H,50,51)(H4,31,32,33,38,39)/p-4/t17-,18-,19-/m0/s1. The van der Waals surface area contributed by atoms with Crippen molar-refractivity contribution in [3.05, 3.63) is 41.7 Å². The number of aromatic nitrogens is 4. The fourth-order valence-electron chi connectivity index (χ4n) is 4.59. The lowest BCUT2D eigenvalue weighted by Gasteiger charge is -2.23. The number of nitrogens with two attached hydrogens (primary N) is 2. The Kier molecular flexibility index (Phi) is 13.4. The van der Waals surface area contributed by atoms with Gasteiger partial charge in [0.05, 0.1) is 54.5 Å². The average molecular weight is 709 g/mol. The number of nitrogens with zero attached hydrogens (tertiary/aromatic N) is 5. The van der Waals surface area contributed by atoms with Crippen LogP contribution in [-0.2, 0) is 35.3 Å². The van der Waals surface area contributed by atoms with Crippen molar-refractivity contribution in [2.24, 2.45) is 0 Å². The largest absolute Gasteiger partial charge is 0.550 e. The second kappa shape index (κ2) is 17.6. The highest BCUT2D eigenvalue weighted by Gasteiger charge is 2.21. The maximum absolute atomic E-state index is 12.8. The number of carboxylic acids is 4. The molecular weight excluding hydrogens is 676 g/mol. The summed E-state index contributed by atoms with van der Waals surface area (Å²) in [5.41, 5.74) is 13.2. The minimum atomic E-state index is -1.79. The van der Waals surface area contributed by atoms with Crippen LogP contribution in [-0.4, -0.2) is 86.7 Å². The van der Waals surface area contributed by atoms with E-state index in [9.17, 15) is 54.0 Å². The highest BCUT2D eigenvalue weighted by Crippen LogP contribution is 2.19. The zero-order valence-electron chi connectivity index (χ0n) is 27.0. The van der Waals surface area contributed by atoms with Gasteiger partial charge in [-0.05, 0) is 49.9 Å². The lowest BCUT2D eigenvalue weighted by atomic mass is 10.1. The summed E-state index contributed by atoms with van der Waals surface area (Å²) in [7, 11) is 1.75. The molecule has 0 aliphatic heterocycles. The summed E-state index contributed by atoms with van der Waals surface area (Å²) in [6, 6.07) is 0.974. The minimum absolute atomic E-state index is 0.0375. The van der Waals surface area contributed by atoms with Crippen LogP contribution in [0.5, 0.6) is 0 Å². The number of fused-ring (bicyclic) bond motifs is 1. The average Bonchev–Trinajstić information content (AvgIpc) is 3.06. The lowest BCUT2D eigenvalue weighted by molar-refractivity contribution is -0.311. The molecule has 2 aromatic heterocycles. The number of anilines is 3. The Morgan fingerprint density at radius 3 is 1.75 bits per heavy atom. The Balaban J connectivity index is 1.52. The molecule has 3 amide bonds. The van der Waals surface area contributed by atoms with E-state index in [2.05, 4.69) is 30.6 Å². The summed E-state index contributed by atoms with van der Waals surface area (Å²) in [6.07, 6.45) is -1.99. The fraction of sp³-hybridized carbons (Fsp3) is 0.367. The number of nitrogens with one attached hydrogen (secondary N) is 3. The van der Waals surface area contributed by atoms with Crippen molar-refractivity contribution in [3.63, 3.8) is 0 Å². The van der Waals surface area contributed by atoms with E-state index in [1.807, 2.05) is 5.32 Å². The number of nitrogen functional groups attached to an aromatic ring is 2. The third-order valence-corrected chi connectivity index (χ3v) is 7.26. The van der Waals surface area contributed by atoms with Crippen LogP contribution in [0.2, 0.25) is 0 Å². The first-order valence-corrected chi connectivity index (χ1v) is 15.1. The summed E-state index contributed by atoms with van der Waals surface area (Å²) < 4.78 is 0. The van der Waals surface area contributed by atoms with Crippen molar-refractivity contribution >= 4 is 70.2 Å². The Hall–Kier alpha value is -6.67. The molecule has 0 bridgehead atoms. The molecule has 1 aromatic carbocycles. The molecule has 0 radical (unpaired) electrons. The van der Waals surface area contributed by atoms with E-state index in [1.54, 1.807) is 24.1 Å². The predicted molar refractivity (Wildman–Crippen MR) is 165 cm³/mol. The van der Waals surface area contributed by atoms with E-state index >= 15 is 0 Å². The van der Waals surface area contributed by atoms with Crippen molar-refractivity contribution in [2.75, 3.05) is 23.4 Å². The molecule has 7 N–H and O–H groups in total. The van der Waals surface area contributed by atoms with Gasteiger partial charge in [-0.2, -0.15) is 9.97 Å². The van der Waals surface area contributed by atoms with Crippen molar-refractivity contribution in [1.82, 2.24) is 35.9 Å². The van der Waals surface area contributed by atoms with E-state index in [-0.39, 0.29) is 35.0 Å². The summed E-state index contributed by atoms with van der Waals surface area (Å²) in [6.45, 7) is 0.273. The Labute approximate surface area is 288 Å². The molecular formula is C30H32N10O11-4. The molecule has 0 spiro atoms. The second-order valence-corrected chi connectivity index (χ2v) is 11.1. The van der Waals surface area contributed by atoms with E-state index in [0.717, 1.165) is 0 Å². The Bertz CT molecular complexity index is 1810.